The molecule has 0 bridgehead atoms. The van der Waals surface area contributed by atoms with Gasteiger partial charge in [-0.1, -0.05) is 6.07 Å². The third-order valence-electron chi connectivity index (χ3n) is 2.68. The van der Waals surface area contributed by atoms with E-state index in [-0.39, 0.29) is 23.4 Å². The van der Waals surface area contributed by atoms with Gasteiger partial charge >= 0.3 is 0 Å². The van der Waals surface area contributed by atoms with Crippen LogP contribution in [0.3, 0.4) is 0 Å². The molecule has 1 aliphatic carbocycles. The van der Waals surface area contributed by atoms with Gasteiger partial charge in [-0.05, 0) is 24.5 Å². The number of rotatable bonds is 1. The van der Waals surface area contributed by atoms with Crippen molar-refractivity contribution in [2.24, 2.45) is 0 Å². The van der Waals surface area contributed by atoms with Crippen molar-refractivity contribution in [2.45, 2.75) is 25.8 Å². The number of fused-ring (bicyclic) bond motifs is 1. The highest BCUT2D eigenvalue weighted by Gasteiger charge is 2.25. The fourth-order valence-electron chi connectivity index (χ4n) is 2.06. The van der Waals surface area contributed by atoms with Crippen LogP contribution in [0.15, 0.2) is 12.1 Å². The normalized spacial score (nSPS) is 18.6. The second-order valence-corrected chi connectivity index (χ2v) is 3.88. The van der Waals surface area contributed by atoms with Gasteiger partial charge in [-0.2, -0.15) is 0 Å². The molecule has 1 aliphatic rings. The molecule has 0 aromatic heterocycles. The first-order valence-electron chi connectivity index (χ1n) is 4.87. The lowest BCUT2D eigenvalue weighted by atomic mass is 10.1. The smallest absolute Gasteiger partial charge is 0.217 e. The number of amides is 1. The lowest BCUT2D eigenvalue weighted by Gasteiger charge is -2.08. The maximum absolute atomic E-state index is 10.9. The van der Waals surface area contributed by atoms with Gasteiger partial charge in [0, 0.05) is 18.5 Å². The van der Waals surface area contributed by atoms with Crippen LogP contribution < -0.4 is 5.32 Å². The first-order valence-corrected chi connectivity index (χ1v) is 4.87. The maximum atomic E-state index is 10.9. The molecular formula is C11H13NO3. The van der Waals surface area contributed by atoms with Crippen molar-refractivity contribution in [1.82, 2.24) is 5.32 Å². The molecule has 0 spiro atoms. The van der Waals surface area contributed by atoms with Gasteiger partial charge < -0.3 is 15.5 Å². The highest BCUT2D eigenvalue weighted by Crippen LogP contribution is 2.36. The van der Waals surface area contributed by atoms with Crippen LogP contribution in [0.2, 0.25) is 0 Å². The molecule has 0 fully saturated rings. The topological polar surface area (TPSA) is 69.6 Å². The lowest BCUT2D eigenvalue weighted by Crippen LogP contribution is -2.33. The van der Waals surface area contributed by atoms with E-state index < -0.39 is 0 Å². The van der Waals surface area contributed by atoms with Crippen molar-refractivity contribution in [3.8, 4) is 11.5 Å². The number of benzene rings is 1. The fraction of sp³-hybridized carbons (Fsp3) is 0.364. The van der Waals surface area contributed by atoms with Crippen LogP contribution in [0.25, 0.3) is 0 Å². The Labute approximate surface area is 87.6 Å². The van der Waals surface area contributed by atoms with Crippen LogP contribution in [0.4, 0.5) is 0 Å². The summed E-state index contributed by atoms with van der Waals surface area (Å²) in [5, 5.41) is 21.7. The molecule has 0 saturated heterocycles. The minimum atomic E-state index is -0.0998. The zero-order chi connectivity index (χ0) is 11.0. The average Bonchev–Trinajstić information content (AvgIpc) is 2.54. The molecule has 3 N–H and O–H groups in total. The van der Waals surface area contributed by atoms with Gasteiger partial charge in [0.2, 0.25) is 5.91 Å². The SMILES string of the molecule is CC(=O)NC1Cc2ccc(O)c(O)c2C1. The number of phenols is 2. The number of carbonyl (C=O) groups excluding carboxylic acids is 1. The van der Waals surface area contributed by atoms with Gasteiger partial charge in [0.25, 0.3) is 0 Å². The molecule has 1 aromatic carbocycles. The van der Waals surface area contributed by atoms with E-state index in [0.29, 0.717) is 12.8 Å². The Bertz CT molecular complexity index is 415. The van der Waals surface area contributed by atoms with Crippen molar-refractivity contribution < 1.29 is 15.0 Å². The summed E-state index contributed by atoms with van der Waals surface area (Å²) in [5.74, 6) is -0.228. The van der Waals surface area contributed by atoms with Gasteiger partial charge in [-0.25, -0.2) is 0 Å². The Balaban J connectivity index is 2.24. The molecule has 80 valence electrons. The number of hydrogen-bond acceptors (Lipinski definition) is 3. The monoisotopic (exact) mass is 207 g/mol. The molecule has 0 saturated carbocycles. The summed E-state index contributed by atoms with van der Waals surface area (Å²) in [4.78, 5) is 10.9. The van der Waals surface area contributed by atoms with Crippen LogP contribution in [0, 0.1) is 0 Å². The molecule has 1 aromatic rings. The van der Waals surface area contributed by atoms with Crippen molar-refractivity contribution >= 4 is 5.91 Å². The molecule has 0 radical (unpaired) electrons. The summed E-state index contributed by atoms with van der Waals surface area (Å²) in [6.07, 6.45) is 1.29. The van der Waals surface area contributed by atoms with Crippen LogP contribution in [0.5, 0.6) is 11.5 Å². The number of aromatic hydroxyl groups is 2. The summed E-state index contributed by atoms with van der Waals surface area (Å²) < 4.78 is 0. The van der Waals surface area contributed by atoms with Crippen LogP contribution in [-0.4, -0.2) is 22.2 Å². The number of phenolic OH excluding ortho intramolecular Hbond substituents is 2. The zero-order valence-electron chi connectivity index (χ0n) is 8.45. The Morgan fingerprint density at radius 3 is 2.80 bits per heavy atom. The minimum Gasteiger partial charge on any atom is -0.504 e. The molecule has 1 atom stereocenters. The van der Waals surface area contributed by atoms with E-state index in [1.165, 1.54) is 13.0 Å². The molecule has 1 amide bonds. The van der Waals surface area contributed by atoms with Crippen molar-refractivity contribution in [3.05, 3.63) is 23.3 Å². The molecule has 2 rings (SSSR count). The minimum absolute atomic E-state index is 0.0326. The summed E-state index contributed by atoms with van der Waals surface area (Å²) in [7, 11) is 0. The third kappa shape index (κ3) is 1.75. The van der Waals surface area contributed by atoms with Gasteiger partial charge in [-0.15, -0.1) is 0 Å². The van der Waals surface area contributed by atoms with E-state index in [1.54, 1.807) is 6.07 Å². The second-order valence-electron chi connectivity index (χ2n) is 3.88. The van der Waals surface area contributed by atoms with Gasteiger partial charge in [0.15, 0.2) is 11.5 Å². The Hall–Kier alpha value is -1.71. The predicted molar refractivity (Wildman–Crippen MR) is 54.8 cm³/mol. The van der Waals surface area contributed by atoms with E-state index in [4.69, 9.17) is 0 Å². The summed E-state index contributed by atoms with van der Waals surface area (Å²) in [6.45, 7) is 1.47. The Kier molecular flexibility index (Phi) is 2.26. The molecule has 0 aliphatic heterocycles. The summed E-state index contributed by atoms with van der Waals surface area (Å²) in [5.41, 5.74) is 1.73. The summed E-state index contributed by atoms with van der Waals surface area (Å²) >= 11 is 0. The third-order valence-corrected chi connectivity index (χ3v) is 2.68. The van der Waals surface area contributed by atoms with E-state index in [2.05, 4.69) is 5.32 Å². The number of carbonyl (C=O) groups is 1. The fourth-order valence-corrected chi connectivity index (χ4v) is 2.06. The molecular weight excluding hydrogens is 194 g/mol. The molecule has 15 heavy (non-hydrogen) atoms. The van der Waals surface area contributed by atoms with E-state index >= 15 is 0 Å². The van der Waals surface area contributed by atoms with Crippen LogP contribution in [0.1, 0.15) is 18.1 Å². The highest BCUT2D eigenvalue weighted by molar-refractivity contribution is 5.73. The van der Waals surface area contributed by atoms with Crippen LogP contribution in [-0.2, 0) is 17.6 Å². The standard InChI is InChI=1S/C11H13NO3/c1-6(13)12-8-4-7-2-3-10(14)11(15)9(7)5-8/h2-3,8,14-15H,4-5H2,1H3,(H,12,13). The van der Waals surface area contributed by atoms with Gasteiger partial charge in [0.05, 0.1) is 0 Å². The van der Waals surface area contributed by atoms with Gasteiger partial charge in [0.1, 0.15) is 0 Å². The summed E-state index contributed by atoms with van der Waals surface area (Å²) in [6, 6.07) is 3.29. The molecule has 0 heterocycles. The average molecular weight is 207 g/mol. The first-order chi connectivity index (χ1) is 7.08. The highest BCUT2D eigenvalue weighted by atomic mass is 16.3. The van der Waals surface area contributed by atoms with E-state index in [0.717, 1.165) is 11.1 Å². The second kappa shape index (κ2) is 3.46. The Morgan fingerprint density at radius 1 is 1.40 bits per heavy atom. The van der Waals surface area contributed by atoms with E-state index in [1.807, 2.05) is 0 Å². The van der Waals surface area contributed by atoms with Crippen molar-refractivity contribution in [1.29, 1.82) is 0 Å². The van der Waals surface area contributed by atoms with Crippen LogP contribution >= 0.6 is 0 Å². The quantitative estimate of drug-likeness (QED) is 0.594. The zero-order valence-corrected chi connectivity index (χ0v) is 8.45. The largest absolute Gasteiger partial charge is 0.504 e. The first kappa shape index (κ1) is 9.83. The molecule has 4 nitrogen and oxygen atoms in total. The predicted octanol–water partition coefficient (Wildman–Crippen LogP) is 0.701. The molecule has 4 heteroatoms. The van der Waals surface area contributed by atoms with E-state index in [9.17, 15) is 15.0 Å². The van der Waals surface area contributed by atoms with Gasteiger partial charge in [-0.3, -0.25) is 4.79 Å². The van der Waals surface area contributed by atoms with Crippen molar-refractivity contribution in [3.63, 3.8) is 0 Å². The maximum Gasteiger partial charge on any atom is 0.217 e. The van der Waals surface area contributed by atoms with Crippen molar-refractivity contribution in [2.75, 3.05) is 0 Å². The Morgan fingerprint density at radius 2 is 2.13 bits per heavy atom. The lowest BCUT2D eigenvalue weighted by molar-refractivity contribution is -0.119. The molecule has 1 unspecified atom stereocenters. The number of nitrogens with one attached hydrogen (secondary N) is 1. The number of hydrogen-bond donors (Lipinski definition) is 3.